The lowest BCUT2D eigenvalue weighted by atomic mass is 9.82. The first kappa shape index (κ1) is 11.4. The molecule has 1 aliphatic heterocycles. The van der Waals surface area contributed by atoms with Crippen molar-refractivity contribution in [3.63, 3.8) is 0 Å². The zero-order valence-electron chi connectivity index (χ0n) is 10.6. The van der Waals surface area contributed by atoms with Gasteiger partial charge in [0.15, 0.2) is 0 Å². The Balaban J connectivity index is 1.99. The summed E-state index contributed by atoms with van der Waals surface area (Å²) in [5, 5.41) is 12.7. The van der Waals surface area contributed by atoms with Gasteiger partial charge in [0.05, 0.1) is 11.3 Å². The van der Waals surface area contributed by atoms with Gasteiger partial charge in [-0.25, -0.2) is 0 Å². The molecule has 0 saturated carbocycles. The molecule has 0 aromatic carbocycles. The third-order valence-electron chi connectivity index (χ3n) is 4.13. The van der Waals surface area contributed by atoms with Gasteiger partial charge >= 0.3 is 0 Å². The van der Waals surface area contributed by atoms with Gasteiger partial charge in [0, 0.05) is 12.2 Å². The topological polar surface area (TPSA) is 48.7 Å². The van der Waals surface area contributed by atoms with Gasteiger partial charge in [-0.3, -0.25) is 4.98 Å². The van der Waals surface area contributed by atoms with Gasteiger partial charge in [-0.05, 0) is 55.9 Å². The first-order valence-electron chi connectivity index (χ1n) is 6.60. The first-order chi connectivity index (χ1) is 8.79. The zero-order chi connectivity index (χ0) is 12.5. The van der Waals surface area contributed by atoms with Crippen LogP contribution in [0.25, 0.3) is 5.57 Å². The minimum Gasteiger partial charge on any atom is -0.310 e. The van der Waals surface area contributed by atoms with E-state index in [2.05, 4.69) is 22.4 Å². The van der Waals surface area contributed by atoms with Gasteiger partial charge in [0.1, 0.15) is 6.07 Å². The molecule has 0 unspecified atom stereocenters. The number of nitrogens with zero attached hydrogens (tertiary/aromatic N) is 2. The molecule has 2 heterocycles. The first-order valence-corrected chi connectivity index (χ1v) is 6.60. The van der Waals surface area contributed by atoms with Crippen molar-refractivity contribution < 1.29 is 0 Å². The van der Waals surface area contributed by atoms with Crippen LogP contribution in [-0.2, 0) is 0 Å². The van der Waals surface area contributed by atoms with E-state index >= 15 is 0 Å². The average Bonchev–Trinajstić information content (AvgIpc) is 2.87. The summed E-state index contributed by atoms with van der Waals surface area (Å²) in [7, 11) is 0. The molecule has 1 aromatic rings. The number of pyridine rings is 1. The summed E-state index contributed by atoms with van der Waals surface area (Å²) < 4.78 is 0. The van der Waals surface area contributed by atoms with Crippen LogP contribution in [0.2, 0.25) is 0 Å². The largest absolute Gasteiger partial charge is 0.310 e. The van der Waals surface area contributed by atoms with Crippen LogP contribution in [0.1, 0.15) is 36.1 Å². The van der Waals surface area contributed by atoms with E-state index in [1.165, 1.54) is 18.4 Å². The fourth-order valence-corrected chi connectivity index (χ4v) is 3.11. The van der Waals surface area contributed by atoms with Crippen molar-refractivity contribution in [2.45, 2.75) is 32.2 Å². The predicted octanol–water partition coefficient (Wildman–Crippen LogP) is 2.42. The number of aryl methyl sites for hydroxylation is 1. The van der Waals surface area contributed by atoms with Gasteiger partial charge in [-0.1, -0.05) is 6.08 Å². The van der Waals surface area contributed by atoms with E-state index in [9.17, 15) is 0 Å². The minimum absolute atomic E-state index is 0.467. The summed E-state index contributed by atoms with van der Waals surface area (Å²) in [5.41, 5.74) is 3.95. The summed E-state index contributed by atoms with van der Waals surface area (Å²) in [6.45, 7) is 2.99. The highest BCUT2D eigenvalue weighted by molar-refractivity contribution is 5.71. The highest BCUT2D eigenvalue weighted by Gasteiger charge is 2.32. The number of nitrogens with one attached hydrogen (secondary N) is 1. The Bertz CT molecular complexity index is 539. The van der Waals surface area contributed by atoms with Crippen molar-refractivity contribution in [1.82, 2.24) is 10.3 Å². The molecule has 0 spiro atoms. The third kappa shape index (κ3) is 1.83. The molecule has 1 aromatic heterocycles. The van der Waals surface area contributed by atoms with Crippen molar-refractivity contribution in [3.05, 3.63) is 35.2 Å². The van der Waals surface area contributed by atoms with Crippen LogP contribution in [0.4, 0.5) is 0 Å². The number of allylic oxidation sites excluding steroid dienone is 1. The fourth-order valence-electron chi connectivity index (χ4n) is 3.11. The zero-order valence-corrected chi connectivity index (χ0v) is 10.6. The maximum atomic E-state index is 9.10. The SMILES string of the molecule is Cc1ncc(C2=CCC[C@@H]3CCN[C@H]23)cc1C#N. The molecule has 18 heavy (non-hydrogen) atoms. The normalized spacial score (nSPS) is 26.3. The molecule has 0 amide bonds. The van der Waals surface area contributed by atoms with Gasteiger partial charge in [0.2, 0.25) is 0 Å². The molecule has 2 aliphatic rings. The summed E-state index contributed by atoms with van der Waals surface area (Å²) in [6, 6.07) is 4.67. The van der Waals surface area contributed by atoms with E-state index in [1.807, 2.05) is 19.2 Å². The number of rotatable bonds is 1. The summed E-state index contributed by atoms with van der Waals surface area (Å²) in [4.78, 5) is 4.35. The lowest BCUT2D eigenvalue weighted by molar-refractivity contribution is 0.470. The Kier molecular flexibility index (Phi) is 2.89. The van der Waals surface area contributed by atoms with Crippen LogP contribution in [0, 0.1) is 24.2 Å². The molecule has 1 fully saturated rings. The quantitative estimate of drug-likeness (QED) is 0.818. The summed E-state index contributed by atoms with van der Waals surface area (Å²) >= 11 is 0. The molecule has 3 rings (SSSR count). The molecule has 92 valence electrons. The number of hydrogen-bond donors (Lipinski definition) is 1. The molecule has 2 atom stereocenters. The number of aromatic nitrogens is 1. The van der Waals surface area contributed by atoms with E-state index < -0.39 is 0 Å². The van der Waals surface area contributed by atoms with E-state index in [4.69, 9.17) is 5.26 Å². The average molecular weight is 239 g/mol. The minimum atomic E-state index is 0.467. The second-order valence-corrected chi connectivity index (χ2v) is 5.19. The molecule has 0 bridgehead atoms. The molecule has 3 heteroatoms. The number of nitriles is 1. The van der Waals surface area contributed by atoms with Crippen LogP contribution in [0.15, 0.2) is 18.3 Å². The van der Waals surface area contributed by atoms with Crippen molar-refractivity contribution in [3.8, 4) is 6.07 Å². The second kappa shape index (κ2) is 4.55. The van der Waals surface area contributed by atoms with Crippen molar-refractivity contribution in [1.29, 1.82) is 5.26 Å². The van der Waals surface area contributed by atoms with Crippen molar-refractivity contribution >= 4 is 5.57 Å². The molecular formula is C15H17N3. The molecule has 1 N–H and O–H groups in total. The standard InChI is InChI=1S/C15H17N3/c1-10-12(8-16)7-13(9-18-10)14-4-2-3-11-5-6-17-15(11)14/h4,7,9,11,15,17H,2-3,5-6H2,1H3/t11-,15+/m1/s1. The van der Waals surface area contributed by atoms with E-state index in [-0.39, 0.29) is 0 Å². The monoisotopic (exact) mass is 239 g/mol. The smallest absolute Gasteiger partial charge is 0.101 e. The number of fused-ring (bicyclic) bond motifs is 1. The maximum Gasteiger partial charge on any atom is 0.101 e. The molecule has 1 aliphatic carbocycles. The van der Waals surface area contributed by atoms with Crippen molar-refractivity contribution in [2.24, 2.45) is 5.92 Å². The van der Waals surface area contributed by atoms with Crippen LogP contribution in [0.3, 0.4) is 0 Å². The second-order valence-electron chi connectivity index (χ2n) is 5.19. The lowest BCUT2D eigenvalue weighted by Crippen LogP contribution is -2.30. The third-order valence-corrected chi connectivity index (χ3v) is 4.13. The Morgan fingerprint density at radius 3 is 3.17 bits per heavy atom. The van der Waals surface area contributed by atoms with Gasteiger partial charge < -0.3 is 5.32 Å². The van der Waals surface area contributed by atoms with Crippen LogP contribution >= 0.6 is 0 Å². The Morgan fingerprint density at radius 1 is 1.44 bits per heavy atom. The van der Waals surface area contributed by atoms with E-state index in [1.54, 1.807) is 0 Å². The Labute approximate surface area is 108 Å². The highest BCUT2D eigenvalue weighted by atomic mass is 15.0. The molecule has 0 radical (unpaired) electrons. The van der Waals surface area contributed by atoms with Crippen LogP contribution < -0.4 is 5.32 Å². The van der Waals surface area contributed by atoms with Gasteiger partial charge in [-0.15, -0.1) is 0 Å². The highest BCUT2D eigenvalue weighted by Crippen LogP contribution is 2.36. The van der Waals surface area contributed by atoms with E-state index in [0.717, 1.165) is 30.1 Å². The molecular weight excluding hydrogens is 222 g/mol. The Hall–Kier alpha value is -1.66. The Morgan fingerprint density at radius 2 is 2.33 bits per heavy atom. The van der Waals surface area contributed by atoms with Crippen LogP contribution in [-0.4, -0.2) is 17.6 Å². The van der Waals surface area contributed by atoms with E-state index in [0.29, 0.717) is 11.6 Å². The van der Waals surface area contributed by atoms with Crippen molar-refractivity contribution in [2.75, 3.05) is 6.54 Å². The van der Waals surface area contributed by atoms with Crippen LogP contribution in [0.5, 0.6) is 0 Å². The maximum absolute atomic E-state index is 9.10. The number of hydrogen-bond acceptors (Lipinski definition) is 3. The summed E-state index contributed by atoms with van der Waals surface area (Å²) in [5.74, 6) is 0.761. The van der Waals surface area contributed by atoms with Gasteiger partial charge in [-0.2, -0.15) is 5.26 Å². The molecule has 1 saturated heterocycles. The fraction of sp³-hybridized carbons (Fsp3) is 0.467. The molecule has 3 nitrogen and oxygen atoms in total. The predicted molar refractivity (Wildman–Crippen MR) is 70.8 cm³/mol. The lowest BCUT2D eigenvalue weighted by Gasteiger charge is -2.27. The summed E-state index contributed by atoms with van der Waals surface area (Å²) in [6.07, 6.45) is 7.92. The van der Waals surface area contributed by atoms with Gasteiger partial charge in [0.25, 0.3) is 0 Å².